The Balaban J connectivity index is 0.000000447. The maximum atomic E-state index is 13.3. The Labute approximate surface area is 454 Å². The standard InChI is InChI=1S/C10H12F2.4C8H8F2.2C8H9F.C8H10/c1-4-8-6(2)5-9(11)7(3)10(8)12;1-5-3-8(10)6(2)4-7(5)9;2*1-5-3-7(9)6(2)8(10)4-5;1-5-3-4-6(2)8(10)7(5)9;2*1-6-3-4-7(2)8(9)5-6;1-7-3-5-8(2)6-4-7/h5H,4H2,1-3H3;4*3-4H,1-2H3;2*3-5H,1-2H3;3-6H,1-2H3. The minimum Gasteiger partial charge on any atom is -0.207 e. The van der Waals surface area contributed by atoms with E-state index in [1.807, 2.05) is 32.9 Å². The summed E-state index contributed by atoms with van der Waals surface area (Å²) in [4.78, 5) is 0. The molecule has 0 fully saturated rings. The molecule has 0 radical (unpaired) electrons. The van der Waals surface area contributed by atoms with Crippen molar-refractivity contribution in [2.24, 2.45) is 0 Å². The molecule has 0 aromatic heterocycles. The van der Waals surface area contributed by atoms with Crippen LogP contribution in [0.4, 0.5) is 52.7 Å². The summed E-state index contributed by atoms with van der Waals surface area (Å²) in [6, 6.07) is 31.1. The summed E-state index contributed by atoms with van der Waals surface area (Å²) >= 11 is 0. The van der Waals surface area contributed by atoms with E-state index in [-0.39, 0.29) is 40.0 Å². The maximum absolute atomic E-state index is 13.3. The van der Waals surface area contributed by atoms with Crippen LogP contribution in [-0.2, 0) is 6.42 Å². The normalized spacial score (nSPS) is 9.91. The van der Waals surface area contributed by atoms with Crippen LogP contribution >= 0.6 is 0 Å². The first-order chi connectivity index (χ1) is 36.2. The van der Waals surface area contributed by atoms with Crippen molar-refractivity contribution in [3.63, 3.8) is 0 Å². The molecule has 0 amide bonds. The average molecular weight is 1090 g/mol. The molecular formula is C66H72F12. The van der Waals surface area contributed by atoms with E-state index in [1.165, 1.54) is 114 Å². The molecule has 0 aliphatic carbocycles. The van der Waals surface area contributed by atoms with Gasteiger partial charge in [0.1, 0.15) is 58.2 Å². The van der Waals surface area contributed by atoms with Gasteiger partial charge in [-0.1, -0.05) is 78.7 Å². The molecule has 8 rings (SSSR count). The van der Waals surface area contributed by atoms with Gasteiger partial charge in [0.25, 0.3) is 0 Å². The number of hydrogen-bond donors (Lipinski definition) is 0. The molecule has 0 spiro atoms. The van der Waals surface area contributed by atoms with Gasteiger partial charge in [0.2, 0.25) is 0 Å². The van der Waals surface area contributed by atoms with Crippen molar-refractivity contribution in [1.29, 1.82) is 0 Å². The fourth-order valence-electron chi connectivity index (χ4n) is 6.39. The predicted molar refractivity (Wildman–Crippen MR) is 296 cm³/mol. The van der Waals surface area contributed by atoms with Gasteiger partial charge in [-0.15, -0.1) is 0 Å². The van der Waals surface area contributed by atoms with Gasteiger partial charge in [-0.3, -0.25) is 0 Å². The molecule has 0 aliphatic rings. The molecule has 0 nitrogen and oxygen atoms in total. The van der Waals surface area contributed by atoms with Crippen LogP contribution < -0.4 is 0 Å². The minimum absolute atomic E-state index is 0.0885. The summed E-state index contributed by atoms with van der Waals surface area (Å²) in [5.74, 6) is -5.15. The lowest BCUT2D eigenvalue weighted by Crippen LogP contribution is -1.98. The molecular weight excluding hydrogens is 1020 g/mol. The van der Waals surface area contributed by atoms with Crippen LogP contribution in [0.15, 0.2) is 115 Å². The first-order valence-corrected chi connectivity index (χ1v) is 24.8. The molecule has 8 aromatic carbocycles. The van der Waals surface area contributed by atoms with E-state index in [0.29, 0.717) is 62.1 Å². The van der Waals surface area contributed by atoms with Crippen LogP contribution in [0.2, 0.25) is 0 Å². The summed E-state index contributed by atoms with van der Waals surface area (Å²) < 4.78 is 152. The summed E-state index contributed by atoms with van der Waals surface area (Å²) in [6.07, 6.45) is 0.610. The van der Waals surface area contributed by atoms with Crippen LogP contribution in [0.1, 0.15) is 102 Å². The SMILES string of the molecule is CCc1c(C)cc(F)c(C)c1F.Cc1cc(F)c(C)c(F)c1.Cc1cc(F)c(C)c(F)c1.Cc1cc(F)c(C)cc1F.Cc1ccc(C)c(F)c1.Cc1ccc(C)c(F)c1.Cc1ccc(C)c(F)c1F.Cc1ccc(C)cc1. The first-order valence-electron chi connectivity index (χ1n) is 24.8. The Morgan fingerprint density at radius 1 is 0.218 bits per heavy atom. The second-order valence-corrected chi connectivity index (χ2v) is 19.0. The van der Waals surface area contributed by atoms with Gasteiger partial charge in [-0.05, 0) is 239 Å². The van der Waals surface area contributed by atoms with Crippen LogP contribution in [0.3, 0.4) is 0 Å². The zero-order valence-corrected chi connectivity index (χ0v) is 47.7. The average Bonchev–Trinajstić information content (AvgIpc) is 3.36. The van der Waals surface area contributed by atoms with Gasteiger partial charge in [0, 0.05) is 16.7 Å². The lowest BCUT2D eigenvalue weighted by atomic mass is 10.0. The molecule has 8 aromatic rings. The van der Waals surface area contributed by atoms with Gasteiger partial charge >= 0.3 is 0 Å². The van der Waals surface area contributed by atoms with Gasteiger partial charge < -0.3 is 0 Å². The van der Waals surface area contributed by atoms with Crippen LogP contribution in [0.5, 0.6) is 0 Å². The molecule has 0 unspecified atom stereocenters. The molecule has 0 bridgehead atoms. The summed E-state index contributed by atoms with van der Waals surface area (Å²) in [6.45, 7) is 28.8. The second-order valence-electron chi connectivity index (χ2n) is 19.0. The largest absolute Gasteiger partial charge is 0.207 e. The Kier molecular flexibility index (Phi) is 29.4. The third kappa shape index (κ3) is 23.7. The number of rotatable bonds is 1. The highest BCUT2D eigenvalue weighted by molar-refractivity contribution is 5.34. The summed E-state index contributed by atoms with van der Waals surface area (Å²) in [7, 11) is 0. The van der Waals surface area contributed by atoms with Crippen molar-refractivity contribution < 1.29 is 52.7 Å². The number of aryl methyl sites for hydroxylation is 13. The molecule has 0 heterocycles. The quantitative estimate of drug-likeness (QED) is 0.144. The van der Waals surface area contributed by atoms with Crippen molar-refractivity contribution >= 4 is 0 Å². The minimum atomic E-state index is -0.736. The third-order valence-corrected chi connectivity index (χ3v) is 11.8. The lowest BCUT2D eigenvalue weighted by Gasteiger charge is -2.07. The Morgan fingerprint density at radius 3 is 0.744 bits per heavy atom. The second kappa shape index (κ2) is 33.3. The Morgan fingerprint density at radius 2 is 0.462 bits per heavy atom. The van der Waals surface area contributed by atoms with E-state index in [2.05, 4.69) is 38.1 Å². The fraction of sp³-hybridized carbons (Fsp3) is 0.273. The number of hydrogen-bond acceptors (Lipinski definition) is 0. The van der Waals surface area contributed by atoms with Gasteiger partial charge in [0.15, 0.2) is 11.6 Å². The van der Waals surface area contributed by atoms with Crippen molar-refractivity contribution in [2.45, 2.75) is 124 Å². The van der Waals surface area contributed by atoms with Crippen molar-refractivity contribution in [1.82, 2.24) is 0 Å². The summed E-state index contributed by atoms with van der Waals surface area (Å²) in [5, 5.41) is 0. The Bertz CT molecular complexity index is 2940. The molecule has 0 aliphatic heterocycles. The molecule has 0 saturated carbocycles. The highest BCUT2D eigenvalue weighted by Gasteiger charge is 2.11. The van der Waals surface area contributed by atoms with E-state index in [9.17, 15) is 52.7 Å². The Hall–Kier alpha value is -7.08. The van der Waals surface area contributed by atoms with Crippen LogP contribution in [-0.4, -0.2) is 0 Å². The monoisotopic (exact) mass is 1090 g/mol. The number of halogens is 12. The summed E-state index contributed by atoms with van der Waals surface area (Å²) in [5.41, 5.74) is 10.3. The molecule has 0 atom stereocenters. The van der Waals surface area contributed by atoms with Crippen molar-refractivity contribution in [3.05, 3.63) is 280 Å². The topological polar surface area (TPSA) is 0 Å². The fourth-order valence-corrected chi connectivity index (χ4v) is 6.39. The van der Waals surface area contributed by atoms with Crippen LogP contribution in [0.25, 0.3) is 0 Å². The lowest BCUT2D eigenvalue weighted by molar-refractivity contribution is 0.497. The van der Waals surface area contributed by atoms with Gasteiger partial charge in [-0.2, -0.15) is 0 Å². The van der Waals surface area contributed by atoms with E-state index in [4.69, 9.17) is 0 Å². The van der Waals surface area contributed by atoms with Crippen molar-refractivity contribution in [2.75, 3.05) is 0 Å². The number of benzene rings is 8. The molecule has 12 heteroatoms. The highest BCUT2D eigenvalue weighted by Crippen LogP contribution is 2.21. The maximum Gasteiger partial charge on any atom is 0.161 e. The zero-order valence-electron chi connectivity index (χ0n) is 47.7. The van der Waals surface area contributed by atoms with Gasteiger partial charge in [0.05, 0.1) is 0 Å². The molecule has 420 valence electrons. The van der Waals surface area contributed by atoms with E-state index < -0.39 is 46.5 Å². The van der Waals surface area contributed by atoms with Gasteiger partial charge in [-0.25, -0.2) is 52.7 Å². The zero-order chi connectivity index (χ0) is 59.9. The van der Waals surface area contributed by atoms with E-state index in [0.717, 1.165) is 11.1 Å². The predicted octanol–water partition coefficient (Wildman–Crippen LogP) is 20.7. The molecule has 0 saturated heterocycles. The third-order valence-electron chi connectivity index (χ3n) is 11.8. The first kappa shape index (κ1) is 68.9. The van der Waals surface area contributed by atoms with E-state index >= 15 is 0 Å². The van der Waals surface area contributed by atoms with E-state index in [1.54, 1.807) is 58.9 Å². The highest BCUT2D eigenvalue weighted by atomic mass is 19.2. The molecule has 0 N–H and O–H groups in total. The smallest absolute Gasteiger partial charge is 0.161 e. The molecule has 78 heavy (non-hydrogen) atoms. The van der Waals surface area contributed by atoms with Crippen LogP contribution in [0, 0.1) is 181 Å². The van der Waals surface area contributed by atoms with Crippen molar-refractivity contribution in [3.8, 4) is 0 Å².